The highest BCUT2D eigenvalue weighted by molar-refractivity contribution is 6.42. The molecule has 0 aromatic carbocycles. The van der Waals surface area contributed by atoms with Crippen molar-refractivity contribution in [3.05, 3.63) is 45.9 Å². The summed E-state index contributed by atoms with van der Waals surface area (Å²) in [7, 11) is 0. The molecule has 0 radical (unpaired) electrons. The molecule has 1 aromatic rings. The fourth-order valence-electron chi connectivity index (χ4n) is 1.75. The molecule has 0 aliphatic heterocycles. The van der Waals surface area contributed by atoms with Crippen molar-refractivity contribution in [1.29, 1.82) is 0 Å². The van der Waals surface area contributed by atoms with E-state index >= 15 is 0 Å². The van der Waals surface area contributed by atoms with Gasteiger partial charge >= 0.3 is 0 Å². The molecule has 1 aliphatic carbocycles. The summed E-state index contributed by atoms with van der Waals surface area (Å²) >= 11 is 12.1. The highest BCUT2D eigenvalue weighted by Crippen LogP contribution is 2.32. The second-order valence-corrected chi connectivity index (χ2v) is 5.02. The number of aliphatic hydroxyl groups excluding tert-OH is 1. The minimum absolute atomic E-state index is 0.475. The van der Waals surface area contributed by atoms with Crippen LogP contribution in [0, 0.1) is 5.92 Å². The molecule has 2 nitrogen and oxygen atoms in total. The van der Waals surface area contributed by atoms with Crippen molar-refractivity contribution in [2.24, 2.45) is 5.92 Å². The summed E-state index contributed by atoms with van der Waals surface area (Å²) in [5.74, 6) is 0.768. The maximum absolute atomic E-state index is 8.68. The first kappa shape index (κ1) is 12.6. The van der Waals surface area contributed by atoms with Gasteiger partial charge in [0.1, 0.15) is 5.15 Å². The lowest BCUT2D eigenvalue weighted by molar-refractivity contribution is 0.471. The molecule has 0 saturated heterocycles. The highest BCUT2D eigenvalue weighted by atomic mass is 35.5. The zero-order chi connectivity index (χ0) is 12.3. The van der Waals surface area contributed by atoms with Crippen molar-refractivity contribution in [1.82, 2.24) is 4.98 Å². The van der Waals surface area contributed by atoms with E-state index in [1.807, 2.05) is 0 Å². The fourth-order valence-corrected chi connectivity index (χ4v) is 2.22. The Morgan fingerprint density at radius 2 is 2.00 bits per heavy atom. The standard InChI is InChI=1S/C13H15Cl2NO/c14-12-10(4-1-3-9-6-7-9)11(5-2-8-17)16-13(12)15/h1-3,8-9,16-17H,4-7H2. The normalized spacial score (nSPS) is 16.4. The Balaban J connectivity index is 2.10. The van der Waals surface area contributed by atoms with Gasteiger partial charge in [0.2, 0.25) is 0 Å². The summed E-state index contributed by atoms with van der Waals surface area (Å²) in [6, 6.07) is 0. The molecule has 1 aliphatic rings. The van der Waals surface area contributed by atoms with Crippen LogP contribution in [0.5, 0.6) is 0 Å². The largest absolute Gasteiger partial charge is 0.516 e. The van der Waals surface area contributed by atoms with Gasteiger partial charge in [0.15, 0.2) is 0 Å². The monoisotopic (exact) mass is 271 g/mol. The third-order valence-electron chi connectivity index (χ3n) is 2.86. The number of allylic oxidation sites excluding steroid dienone is 3. The number of aromatic amines is 1. The molecule has 4 heteroatoms. The summed E-state index contributed by atoms with van der Waals surface area (Å²) < 4.78 is 0. The summed E-state index contributed by atoms with van der Waals surface area (Å²) in [6.07, 6.45) is 11.1. The van der Waals surface area contributed by atoms with Crippen LogP contribution < -0.4 is 0 Å². The average Bonchev–Trinajstić information content (AvgIpc) is 3.09. The number of rotatable bonds is 5. The number of aliphatic hydroxyl groups is 1. The molecule has 17 heavy (non-hydrogen) atoms. The van der Waals surface area contributed by atoms with Crippen LogP contribution in [0.1, 0.15) is 24.1 Å². The third-order valence-corrected chi connectivity index (χ3v) is 3.66. The van der Waals surface area contributed by atoms with E-state index in [2.05, 4.69) is 17.1 Å². The van der Waals surface area contributed by atoms with E-state index in [4.69, 9.17) is 28.3 Å². The molecule has 0 amide bonds. The zero-order valence-electron chi connectivity index (χ0n) is 9.42. The third kappa shape index (κ3) is 3.30. The van der Waals surface area contributed by atoms with Gasteiger partial charge in [-0.2, -0.15) is 0 Å². The van der Waals surface area contributed by atoms with Crippen LogP contribution in [0.4, 0.5) is 0 Å². The number of hydrogen-bond acceptors (Lipinski definition) is 1. The second-order valence-electron chi connectivity index (χ2n) is 4.27. The number of halogens is 2. The van der Waals surface area contributed by atoms with Gasteiger partial charge in [0.25, 0.3) is 0 Å². The topological polar surface area (TPSA) is 36.0 Å². The van der Waals surface area contributed by atoms with Gasteiger partial charge in [0, 0.05) is 12.1 Å². The van der Waals surface area contributed by atoms with E-state index < -0.39 is 0 Å². The first-order valence-corrected chi connectivity index (χ1v) is 6.48. The minimum Gasteiger partial charge on any atom is -0.516 e. The van der Waals surface area contributed by atoms with E-state index in [0.29, 0.717) is 16.6 Å². The van der Waals surface area contributed by atoms with Gasteiger partial charge < -0.3 is 10.1 Å². The van der Waals surface area contributed by atoms with Gasteiger partial charge in [-0.05, 0) is 36.8 Å². The van der Waals surface area contributed by atoms with Crippen molar-refractivity contribution >= 4 is 23.2 Å². The van der Waals surface area contributed by atoms with Crippen LogP contribution in [0.15, 0.2) is 24.5 Å². The Morgan fingerprint density at radius 3 is 2.65 bits per heavy atom. The van der Waals surface area contributed by atoms with E-state index in [9.17, 15) is 0 Å². The molecule has 1 aromatic heterocycles. The maximum Gasteiger partial charge on any atom is 0.125 e. The molecular formula is C13H15Cl2NO. The zero-order valence-corrected chi connectivity index (χ0v) is 10.9. The van der Waals surface area contributed by atoms with Crippen molar-refractivity contribution in [2.45, 2.75) is 25.7 Å². The molecule has 1 saturated carbocycles. The second kappa shape index (κ2) is 5.65. The molecule has 0 spiro atoms. The van der Waals surface area contributed by atoms with Crippen LogP contribution in [0.3, 0.4) is 0 Å². The lowest BCUT2D eigenvalue weighted by atomic mass is 10.1. The van der Waals surface area contributed by atoms with E-state index in [1.54, 1.807) is 6.08 Å². The van der Waals surface area contributed by atoms with Gasteiger partial charge in [-0.3, -0.25) is 0 Å². The molecule has 0 atom stereocenters. The summed E-state index contributed by atoms with van der Waals surface area (Å²) in [6.45, 7) is 0. The Labute approximate surface area is 111 Å². The number of nitrogens with one attached hydrogen (secondary N) is 1. The molecule has 0 unspecified atom stereocenters. The van der Waals surface area contributed by atoms with Crippen LogP contribution >= 0.6 is 23.2 Å². The van der Waals surface area contributed by atoms with Gasteiger partial charge in [-0.15, -0.1) is 0 Å². The Hall–Kier alpha value is -0.860. The van der Waals surface area contributed by atoms with Crippen LogP contribution in [-0.4, -0.2) is 10.1 Å². The van der Waals surface area contributed by atoms with Crippen molar-refractivity contribution in [3.63, 3.8) is 0 Å². The quantitative estimate of drug-likeness (QED) is 0.603. The number of H-pyrrole nitrogens is 1. The Kier molecular flexibility index (Phi) is 4.19. The fraction of sp³-hybridized carbons (Fsp3) is 0.385. The lowest BCUT2D eigenvalue weighted by Crippen LogP contribution is -1.89. The molecule has 1 fully saturated rings. The molecule has 0 bridgehead atoms. The summed E-state index contributed by atoms with van der Waals surface area (Å²) in [5.41, 5.74) is 1.98. The lowest BCUT2D eigenvalue weighted by Gasteiger charge is -1.98. The van der Waals surface area contributed by atoms with E-state index in [0.717, 1.165) is 29.9 Å². The molecule has 92 valence electrons. The van der Waals surface area contributed by atoms with Crippen molar-refractivity contribution in [3.8, 4) is 0 Å². The maximum atomic E-state index is 8.68. The SMILES string of the molecule is OC=CCc1[nH]c(Cl)c(Cl)c1CC=CC1CC1. The summed E-state index contributed by atoms with van der Waals surface area (Å²) in [4.78, 5) is 3.04. The number of hydrogen-bond donors (Lipinski definition) is 2. The Morgan fingerprint density at radius 1 is 1.24 bits per heavy atom. The predicted octanol–water partition coefficient (Wildman–Crippen LogP) is 4.44. The van der Waals surface area contributed by atoms with Gasteiger partial charge in [0.05, 0.1) is 11.3 Å². The van der Waals surface area contributed by atoms with Crippen molar-refractivity contribution in [2.75, 3.05) is 0 Å². The van der Waals surface area contributed by atoms with Crippen LogP contribution in [0.2, 0.25) is 10.2 Å². The predicted molar refractivity (Wildman–Crippen MR) is 71.9 cm³/mol. The smallest absolute Gasteiger partial charge is 0.125 e. The molecular weight excluding hydrogens is 257 g/mol. The first-order chi connectivity index (χ1) is 8.22. The number of aromatic nitrogens is 1. The summed E-state index contributed by atoms with van der Waals surface area (Å²) in [5, 5.41) is 9.74. The van der Waals surface area contributed by atoms with Gasteiger partial charge in [-0.25, -0.2) is 0 Å². The first-order valence-electron chi connectivity index (χ1n) is 5.73. The van der Waals surface area contributed by atoms with Crippen LogP contribution in [-0.2, 0) is 12.8 Å². The molecule has 2 N–H and O–H groups in total. The average molecular weight is 272 g/mol. The minimum atomic E-state index is 0.475. The highest BCUT2D eigenvalue weighted by Gasteiger charge is 2.17. The molecule has 2 rings (SSSR count). The van der Waals surface area contributed by atoms with Crippen LogP contribution in [0.25, 0.3) is 0 Å². The Bertz CT molecular complexity index is 445. The van der Waals surface area contributed by atoms with E-state index in [-0.39, 0.29) is 0 Å². The van der Waals surface area contributed by atoms with E-state index in [1.165, 1.54) is 12.8 Å². The van der Waals surface area contributed by atoms with Gasteiger partial charge in [-0.1, -0.05) is 35.4 Å². The molecule has 1 heterocycles. The van der Waals surface area contributed by atoms with Crippen molar-refractivity contribution < 1.29 is 5.11 Å².